The molecule has 1 aliphatic rings. The Labute approximate surface area is 155 Å². The van der Waals surface area contributed by atoms with Crippen LogP contribution >= 0.6 is 7.82 Å². The van der Waals surface area contributed by atoms with Gasteiger partial charge in [-0.25, -0.2) is 9.09 Å². The molecule has 1 saturated carbocycles. The number of pyridine rings is 1. The quantitative estimate of drug-likeness (QED) is 0.581. The summed E-state index contributed by atoms with van der Waals surface area (Å²) >= 11 is 0. The molecule has 0 amide bonds. The fraction of sp³-hybridized carbons (Fsp3) is 0.722. The Morgan fingerprint density at radius 2 is 1.85 bits per heavy atom. The minimum atomic E-state index is -4.26. The highest BCUT2D eigenvalue weighted by atomic mass is 31.2. The van der Waals surface area contributed by atoms with Crippen molar-refractivity contribution in [1.82, 2.24) is 4.73 Å². The number of aromatic nitrogens is 1. The number of aryl methyl sites for hydroxylation is 1. The number of hydrogen-bond acceptors (Lipinski definition) is 5. The van der Waals surface area contributed by atoms with E-state index in [0.717, 1.165) is 36.9 Å². The van der Waals surface area contributed by atoms with Crippen LogP contribution in [0.25, 0.3) is 0 Å². The van der Waals surface area contributed by atoms with Gasteiger partial charge in [-0.15, -0.1) is 4.73 Å². The monoisotopic (exact) mass is 389 g/mol. The van der Waals surface area contributed by atoms with E-state index in [0.29, 0.717) is 0 Å². The predicted molar refractivity (Wildman–Crippen MR) is 101 cm³/mol. The maximum atomic E-state index is 12.3. The number of phosphoric ester groups is 1. The maximum Gasteiger partial charge on any atom is 0.475 e. The van der Waals surface area contributed by atoms with E-state index in [-0.39, 0.29) is 18.9 Å². The smallest absolute Gasteiger partial charge is 0.381 e. The molecule has 0 spiro atoms. The second kappa shape index (κ2) is 9.18. The minimum Gasteiger partial charge on any atom is -0.381 e. The second-order valence-electron chi connectivity index (χ2n) is 7.47. The van der Waals surface area contributed by atoms with Crippen molar-refractivity contribution in [3.05, 3.63) is 33.7 Å². The van der Waals surface area contributed by atoms with Gasteiger partial charge in [0.05, 0.1) is 11.3 Å². The van der Waals surface area contributed by atoms with Gasteiger partial charge in [0.2, 0.25) is 6.79 Å². The molecule has 150 valence electrons. The van der Waals surface area contributed by atoms with Crippen LogP contribution in [-0.2, 0) is 13.6 Å². The van der Waals surface area contributed by atoms with Gasteiger partial charge in [0.25, 0.3) is 5.56 Å². The summed E-state index contributed by atoms with van der Waals surface area (Å²) in [6.07, 6.45) is 5.44. The molecule has 1 aromatic rings. The zero-order chi connectivity index (χ0) is 18.7. The summed E-state index contributed by atoms with van der Waals surface area (Å²) in [7, 11) is -4.26. The van der Waals surface area contributed by atoms with Gasteiger partial charge in [0.1, 0.15) is 0 Å². The molecule has 26 heavy (non-hydrogen) atoms. The largest absolute Gasteiger partial charge is 0.475 e. The van der Waals surface area contributed by atoms with Gasteiger partial charge in [0, 0.05) is 12.0 Å². The average molecular weight is 389 g/mol. The zero-order valence-corrected chi connectivity index (χ0v) is 16.3. The van der Waals surface area contributed by atoms with Crippen LogP contribution in [0.5, 0.6) is 0 Å². The van der Waals surface area contributed by atoms with E-state index < -0.39 is 20.2 Å². The van der Waals surface area contributed by atoms with Crippen LogP contribution in [0.1, 0.15) is 77.5 Å². The van der Waals surface area contributed by atoms with Crippen molar-refractivity contribution in [2.24, 2.45) is 0 Å². The van der Waals surface area contributed by atoms with Gasteiger partial charge < -0.3 is 9.73 Å². The lowest BCUT2D eigenvalue weighted by atomic mass is 9.86. The third kappa shape index (κ3) is 6.88. The lowest BCUT2D eigenvalue weighted by Crippen LogP contribution is -2.32. The summed E-state index contributed by atoms with van der Waals surface area (Å²) in [4.78, 5) is 27.4. The summed E-state index contributed by atoms with van der Waals surface area (Å²) in [5.74, 6) is 0.244. The van der Waals surface area contributed by atoms with Gasteiger partial charge in [0.15, 0.2) is 0 Å². The van der Waals surface area contributed by atoms with Crippen LogP contribution in [0.2, 0.25) is 0 Å². The minimum absolute atomic E-state index is 0. The van der Waals surface area contributed by atoms with Crippen LogP contribution < -0.4 is 10.4 Å². The predicted octanol–water partition coefficient (Wildman–Crippen LogP) is 4.16. The van der Waals surface area contributed by atoms with Gasteiger partial charge in [-0.3, -0.25) is 9.32 Å². The Morgan fingerprint density at radius 3 is 2.42 bits per heavy atom. The molecular weight excluding hydrogens is 357 g/mol. The van der Waals surface area contributed by atoms with Crippen LogP contribution in [-0.4, -0.2) is 22.0 Å². The van der Waals surface area contributed by atoms with Gasteiger partial charge in [-0.2, -0.15) is 0 Å². The highest BCUT2D eigenvalue weighted by molar-refractivity contribution is 7.47. The molecule has 1 atom stereocenters. The van der Waals surface area contributed by atoms with Crippen molar-refractivity contribution < 1.29 is 23.3 Å². The van der Waals surface area contributed by atoms with Crippen molar-refractivity contribution >= 4 is 7.82 Å². The summed E-state index contributed by atoms with van der Waals surface area (Å²) < 4.78 is 22.9. The Morgan fingerprint density at radius 1 is 1.23 bits per heavy atom. The SMILES string of the molecule is C.Cc1cc(C2CCCCC2)n(OCOP(=O)(O)OC(C)(C)C)c(=O)c1. The van der Waals surface area contributed by atoms with Gasteiger partial charge in [-0.05, 0) is 52.2 Å². The Bertz CT molecular complexity index is 688. The topological polar surface area (TPSA) is 87.0 Å². The first kappa shape index (κ1) is 22.9. The second-order valence-corrected chi connectivity index (χ2v) is 8.85. The molecule has 0 saturated heterocycles. The molecular formula is C18H32NO6P. The molecule has 8 heteroatoms. The number of nitrogens with zero attached hydrogens (tertiary/aromatic N) is 1. The summed E-state index contributed by atoms with van der Waals surface area (Å²) in [6, 6.07) is 3.40. The third-order valence-corrected chi connectivity index (χ3v) is 5.18. The first-order chi connectivity index (χ1) is 11.6. The van der Waals surface area contributed by atoms with E-state index in [4.69, 9.17) is 13.9 Å². The van der Waals surface area contributed by atoms with Crippen molar-refractivity contribution in [1.29, 1.82) is 0 Å². The van der Waals surface area contributed by atoms with Crippen molar-refractivity contribution in [2.45, 2.75) is 78.7 Å². The molecule has 1 fully saturated rings. The number of hydrogen-bond donors (Lipinski definition) is 1. The fourth-order valence-corrected chi connectivity index (χ4v) is 3.97. The molecule has 7 nitrogen and oxygen atoms in total. The van der Waals surface area contributed by atoms with Crippen LogP contribution in [0.15, 0.2) is 16.9 Å². The lowest BCUT2D eigenvalue weighted by molar-refractivity contribution is -0.0364. The molecule has 1 heterocycles. The molecule has 0 radical (unpaired) electrons. The van der Waals surface area contributed by atoms with Crippen molar-refractivity contribution in [3.8, 4) is 0 Å². The molecule has 2 rings (SSSR count). The summed E-state index contributed by atoms with van der Waals surface area (Å²) in [5, 5.41) is 0. The molecule has 1 unspecified atom stereocenters. The molecule has 0 aliphatic heterocycles. The third-order valence-electron chi connectivity index (χ3n) is 3.97. The van der Waals surface area contributed by atoms with Crippen molar-refractivity contribution in [3.63, 3.8) is 0 Å². The number of phosphoric acid groups is 1. The first-order valence-electron chi connectivity index (χ1n) is 8.62. The standard InChI is InChI=1S/C17H28NO6P.CH4/c1-13-10-15(14-8-6-5-7-9-14)18(16(19)11-13)22-12-23-25(20,21)24-17(2,3)4;/h10-11,14H,5-9,12H2,1-4H3,(H,20,21);1H4. The van der Waals surface area contributed by atoms with Crippen LogP contribution in [0.4, 0.5) is 0 Å². The molecule has 0 aromatic carbocycles. The van der Waals surface area contributed by atoms with Gasteiger partial charge in [-0.1, -0.05) is 26.7 Å². The van der Waals surface area contributed by atoms with E-state index in [1.165, 1.54) is 17.2 Å². The van der Waals surface area contributed by atoms with E-state index in [1.807, 2.05) is 13.0 Å². The maximum absolute atomic E-state index is 12.3. The average Bonchev–Trinajstić information content (AvgIpc) is 2.47. The fourth-order valence-electron chi connectivity index (χ4n) is 3.05. The Kier molecular flexibility index (Phi) is 8.08. The van der Waals surface area contributed by atoms with E-state index in [2.05, 4.69) is 0 Å². The molecule has 1 N–H and O–H groups in total. The van der Waals surface area contributed by atoms with Gasteiger partial charge >= 0.3 is 7.82 Å². The van der Waals surface area contributed by atoms with E-state index >= 15 is 0 Å². The summed E-state index contributed by atoms with van der Waals surface area (Å²) in [6.45, 7) is 6.25. The van der Waals surface area contributed by atoms with E-state index in [1.54, 1.807) is 20.8 Å². The zero-order valence-electron chi connectivity index (χ0n) is 15.4. The van der Waals surface area contributed by atoms with Crippen molar-refractivity contribution in [2.75, 3.05) is 6.79 Å². The van der Waals surface area contributed by atoms with Crippen LogP contribution in [0.3, 0.4) is 0 Å². The first-order valence-corrected chi connectivity index (χ1v) is 10.1. The lowest BCUT2D eigenvalue weighted by Gasteiger charge is -2.26. The summed E-state index contributed by atoms with van der Waals surface area (Å²) in [5.41, 5.74) is 0.514. The molecule has 0 bridgehead atoms. The highest BCUT2D eigenvalue weighted by Gasteiger charge is 2.29. The Hall–Kier alpha value is -1.14. The normalized spacial score (nSPS) is 18.0. The van der Waals surface area contributed by atoms with E-state index in [9.17, 15) is 14.3 Å². The molecule has 1 aliphatic carbocycles. The number of rotatable bonds is 6. The highest BCUT2D eigenvalue weighted by Crippen LogP contribution is 2.46. The van der Waals surface area contributed by atoms with Crippen LogP contribution in [0, 0.1) is 6.92 Å². The Balaban J connectivity index is 0.00000338. The molecule has 1 aromatic heterocycles.